The van der Waals surface area contributed by atoms with Crippen molar-refractivity contribution in [1.29, 1.82) is 0 Å². The van der Waals surface area contributed by atoms with E-state index in [0.29, 0.717) is 18.0 Å². The minimum atomic E-state index is -0.170. The number of halogens is 2. The first-order valence-electron chi connectivity index (χ1n) is 7.48. The Labute approximate surface area is 129 Å². The van der Waals surface area contributed by atoms with Crippen LogP contribution in [0.15, 0.2) is 22.7 Å². The summed E-state index contributed by atoms with van der Waals surface area (Å²) in [5, 5.41) is 3.63. The molecule has 2 rings (SSSR count). The molecule has 0 bridgehead atoms. The van der Waals surface area contributed by atoms with Gasteiger partial charge < -0.3 is 10.2 Å². The molecular formula is C16H24BrFN2. The highest BCUT2D eigenvalue weighted by atomic mass is 79.9. The summed E-state index contributed by atoms with van der Waals surface area (Å²) in [6.45, 7) is 8.57. The van der Waals surface area contributed by atoms with E-state index in [1.165, 1.54) is 12.5 Å². The van der Waals surface area contributed by atoms with Crippen LogP contribution in [-0.4, -0.2) is 25.2 Å². The predicted octanol–water partition coefficient (Wildman–Crippen LogP) is 4.19. The molecule has 0 aliphatic carbocycles. The Morgan fingerprint density at radius 2 is 2.20 bits per heavy atom. The highest BCUT2D eigenvalue weighted by molar-refractivity contribution is 9.10. The van der Waals surface area contributed by atoms with Crippen LogP contribution in [0.1, 0.15) is 33.6 Å². The van der Waals surface area contributed by atoms with Crippen molar-refractivity contribution >= 4 is 21.6 Å². The van der Waals surface area contributed by atoms with Crippen molar-refractivity contribution in [1.82, 2.24) is 5.32 Å². The van der Waals surface area contributed by atoms with Crippen molar-refractivity contribution in [3.05, 3.63) is 28.5 Å². The van der Waals surface area contributed by atoms with Crippen LogP contribution in [-0.2, 0) is 0 Å². The number of benzene rings is 1. The summed E-state index contributed by atoms with van der Waals surface area (Å²) in [4.78, 5) is 2.37. The average molecular weight is 343 g/mol. The second-order valence-electron chi connectivity index (χ2n) is 5.95. The van der Waals surface area contributed by atoms with Crippen molar-refractivity contribution in [2.24, 2.45) is 5.92 Å². The van der Waals surface area contributed by atoms with Crippen LogP contribution in [0.4, 0.5) is 10.1 Å². The van der Waals surface area contributed by atoms with Gasteiger partial charge in [-0.3, -0.25) is 0 Å². The third-order valence-corrected chi connectivity index (χ3v) is 4.73. The molecule has 1 N–H and O–H groups in total. The van der Waals surface area contributed by atoms with Crippen LogP contribution in [0.3, 0.4) is 0 Å². The summed E-state index contributed by atoms with van der Waals surface area (Å²) < 4.78 is 14.6. The summed E-state index contributed by atoms with van der Waals surface area (Å²) >= 11 is 3.57. The molecular weight excluding hydrogens is 319 g/mol. The quantitative estimate of drug-likeness (QED) is 0.882. The molecule has 0 radical (unpaired) electrons. The summed E-state index contributed by atoms with van der Waals surface area (Å²) in [6.07, 6.45) is 2.33. The highest BCUT2D eigenvalue weighted by Crippen LogP contribution is 2.32. The SMILES string of the molecule is CCCC1CN(c2cc(F)ccc2Br)C(C(C)C)CN1. The first-order valence-corrected chi connectivity index (χ1v) is 8.27. The van der Waals surface area contributed by atoms with Crippen LogP contribution in [0.25, 0.3) is 0 Å². The maximum atomic E-state index is 13.6. The summed E-state index contributed by atoms with van der Waals surface area (Å²) in [5.41, 5.74) is 0.978. The summed E-state index contributed by atoms with van der Waals surface area (Å²) in [5.74, 6) is 0.358. The monoisotopic (exact) mass is 342 g/mol. The first kappa shape index (κ1) is 15.8. The van der Waals surface area contributed by atoms with Crippen LogP contribution < -0.4 is 10.2 Å². The normalized spacial score (nSPS) is 23.4. The molecule has 1 aliphatic rings. The van der Waals surface area contributed by atoms with Crippen molar-refractivity contribution in [2.45, 2.75) is 45.7 Å². The minimum Gasteiger partial charge on any atom is -0.364 e. The molecule has 0 amide bonds. The van der Waals surface area contributed by atoms with Gasteiger partial charge in [0.2, 0.25) is 0 Å². The van der Waals surface area contributed by atoms with E-state index in [4.69, 9.17) is 0 Å². The Bertz CT molecular complexity index is 450. The third-order valence-electron chi connectivity index (χ3n) is 4.06. The Morgan fingerprint density at radius 1 is 1.45 bits per heavy atom. The lowest BCUT2D eigenvalue weighted by atomic mass is 9.96. The Hall–Kier alpha value is -0.610. The van der Waals surface area contributed by atoms with E-state index in [1.54, 1.807) is 12.1 Å². The van der Waals surface area contributed by atoms with Gasteiger partial charge in [-0.15, -0.1) is 0 Å². The molecule has 0 spiro atoms. The zero-order chi connectivity index (χ0) is 14.7. The molecule has 20 heavy (non-hydrogen) atoms. The standard InChI is InChI=1S/C16H24BrFN2/c1-4-5-13-10-20(16(9-19-13)11(2)3)15-8-12(18)6-7-14(15)17/h6-8,11,13,16,19H,4-5,9-10H2,1-3H3. The van der Waals surface area contributed by atoms with Crippen LogP contribution >= 0.6 is 15.9 Å². The van der Waals surface area contributed by atoms with Crippen molar-refractivity contribution in [3.63, 3.8) is 0 Å². The van der Waals surface area contributed by atoms with Gasteiger partial charge in [0.05, 0.1) is 5.69 Å². The number of nitrogens with one attached hydrogen (secondary N) is 1. The van der Waals surface area contributed by atoms with E-state index in [9.17, 15) is 4.39 Å². The molecule has 1 heterocycles. The predicted molar refractivity (Wildman–Crippen MR) is 86.8 cm³/mol. The molecule has 4 heteroatoms. The van der Waals surface area contributed by atoms with Crippen LogP contribution in [0, 0.1) is 11.7 Å². The lowest BCUT2D eigenvalue weighted by Gasteiger charge is -2.44. The Morgan fingerprint density at radius 3 is 2.85 bits per heavy atom. The van der Waals surface area contributed by atoms with E-state index < -0.39 is 0 Å². The molecule has 2 nitrogen and oxygen atoms in total. The molecule has 1 aromatic rings. The number of hydrogen-bond donors (Lipinski definition) is 1. The van der Waals surface area contributed by atoms with Gasteiger partial charge in [0.25, 0.3) is 0 Å². The molecule has 1 fully saturated rings. The topological polar surface area (TPSA) is 15.3 Å². The fourth-order valence-electron chi connectivity index (χ4n) is 2.96. The van der Waals surface area contributed by atoms with Gasteiger partial charge in [-0.05, 0) is 46.5 Å². The van der Waals surface area contributed by atoms with Crippen LogP contribution in [0.5, 0.6) is 0 Å². The number of anilines is 1. The highest BCUT2D eigenvalue weighted by Gasteiger charge is 2.30. The summed E-state index contributed by atoms with van der Waals surface area (Å²) in [7, 11) is 0. The van der Waals surface area contributed by atoms with E-state index >= 15 is 0 Å². The first-order chi connectivity index (χ1) is 9.52. The average Bonchev–Trinajstić information content (AvgIpc) is 2.41. The third kappa shape index (κ3) is 3.53. The van der Waals surface area contributed by atoms with E-state index in [-0.39, 0.29) is 5.82 Å². The van der Waals surface area contributed by atoms with Gasteiger partial charge in [-0.25, -0.2) is 4.39 Å². The van der Waals surface area contributed by atoms with Crippen molar-refractivity contribution in [3.8, 4) is 0 Å². The van der Waals surface area contributed by atoms with Gasteiger partial charge in [-0.2, -0.15) is 0 Å². The largest absolute Gasteiger partial charge is 0.364 e. The van der Waals surface area contributed by atoms with E-state index in [1.807, 2.05) is 0 Å². The van der Waals surface area contributed by atoms with Crippen LogP contribution in [0.2, 0.25) is 0 Å². The maximum Gasteiger partial charge on any atom is 0.125 e. The molecule has 2 unspecified atom stereocenters. The number of hydrogen-bond acceptors (Lipinski definition) is 2. The number of nitrogens with zero attached hydrogens (tertiary/aromatic N) is 1. The molecule has 1 saturated heterocycles. The molecule has 1 aromatic carbocycles. The molecule has 0 saturated carbocycles. The van der Waals surface area contributed by atoms with E-state index in [0.717, 1.165) is 29.7 Å². The Balaban J connectivity index is 2.28. The zero-order valence-electron chi connectivity index (χ0n) is 12.5. The van der Waals surface area contributed by atoms with Crippen molar-refractivity contribution < 1.29 is 4.39 Å². The fraction of sp³-hybridized carbons (Fsp3) is 0.625. The van der Waals surface area contributed by atoms with E-state index in [2.05, 4.69) is 46.9 Å². The van der Waals surface area contributed by atoms with Gasteiger partial charge in [0, 0.05) is 29.6 Å². The minimum absolute atomic E-state index is 0.170. The van der Waals surface area contributed by atoms with Crippen molar-refractivity contribution in [2.75, 3.05) is 18.0 Å². The van der Waals surface area contributed by atoms with Gasteiger partial charge in [-0.1, -0.05) is 27.2 Å². The zero-order valence-corrected chi connectivity index (χ0v) is 14.1. The molecule has 1 aliphatic heterocycles. The second-order valence-corrected chi connectivity index (χ2v) is 6.81. The molecule has 0 aromatic heterocycles. The fourth-order valence-corrected chi connectivity index (χ4v) is 3.43. The summed E-state index contributed by atoms with van der Waals surface area (Å²) in [6, 6.07) is 5.85. The van der Waals surface area contributed by atoms with Gasteiger partial charge >= 0.3 is 0 Å². The maximum absolute atomic E-state index is 13.6. The number of piperazine rings is 1. The van der Waals surface area contributed by atoms with Gasteiger partial charge in [0.1, 0.15) is 5.82 Å². The lowest BCUT2D eigenvalue weighted by molar-refractivity contribution is 0.327. The Kier molecular flexibility index (Phi) is 5.44. The lowest BCUT2D eigenvalue weighted by Crippen LogP contribution is -2.58. The number of rotatable bonds is 4. The molecule has 2 atom stereocenters. The van der Waals surface area contributed by atoms with Gasteiger partial charge in [0.15, 0.2) is 0 Å². The second kappa shape index (κ2) is 6.90. The smallest absolute Gasteiger partial charge is 0.125 e. The molecule has 112 valence electrons.